The third-order valence-electron chi connectivity index (χ3n) is 4.75. The van der Waals surface area contributed by atoms with Gasteiger partial charge in [-0.05, 0) is 30.5 Å². The van der Waals surface area contributed by atoms with Crippen LogP contribution in [0.15, 0.2) is 24.3 Å². The Kier molecular flexibility index (Phi) is 7.76. The van der Waals surface area contributed by atoms with Gasteiger partial charge in [-0.25, -0.2) is 4.79 Å². The van der Waals surface area contributed by atoms with Crippen molar-refractivity contribution in [3.05, 3.63) is 29.8 Å². The second-order valence-corrected chi connectivity index (χ2v) is 6.75. The van der Waals surface area contributed by atoms with E-state index < -0.39 is 5.97 Å². The maximum atomic E-state index is 12.5. The lowest BCUT2D eigenvalue weighted by Gasteiger charge is -2.19. The highest BCUT2D eigenvalue weighted by Gasteiger charge is 2.28. The first kappa shape index (κ1) is 19.3. The first-order chi connectivity index (χ1) is 12.1. The zero-order valence-corrected chi connectivity index (χ0v) is 15.2. The topological polar surface area (TPSA) is 60.9 Å². The van der Waals surface area contributed by atoms with Crippen LogP contribution in [-0.2, 0) is 11.2 Å². The maximum Gasteiger partial charge on any atom is 0.324 e. The zero-order chi connectivity index (χ0) is 18.1. The summed E-state index contributed by atoms with van der Waals surface area (Å²) in [5.41, 5.74) is 1.89. The molecule has 2 rings (SSSR count). The number of carbonyl (C=O) groups excluding carboxylic acids is 1. The number of hydrogen-bond acceptors (Lipinski definition) is 2. The number of urea groups is 1. The molecule has 0 unspecified atom stereocenters. The van der Waals surface area contributed by atoms with E-state index in [-0.39, 0.29) is 12.5 Å². The van der Waals surface area contributed by atoms with Crippen LogP contribution in [-0.4, -0.2) is 41.6 Å². The van der Waals surface area contributed by atoms with E-state index in [1.54, 1.807) is 0 Å². The van der Waals surface area contributed by atoms with Crippen molar-refractivity contribution in [3.8, 4) is 0 Å². The highest BCUT2D eigenvalue weighted by atomic mass is 16.4. The van der Waals surface area contributed by atoms with Crippen LogP contribution in [0.2, 0.25) is 0 Å². The van der Waals surface area contributed by atoms with Crippen molar-refractivity contribution in [3.63, 3.8) is 0 Å². The number of benzene rings is 1. The molecule has 0 aliphatic carbocycles. The monoisotopic (exact) mass is 346 g/mol. The summed E-state index contributed by atoms with van der Waals surface area (Å²) < 4.78 is 0. The molecule has 5 nitrogen and oxygen atoms in total. The highest BCUT2D eigenvalue weighted by molar-refractivity contribution is 5.94. The van der Waals surface area contributed by atoms with Crippen LogP contribution >= 0.6 is 0 Å². The van der Waals surface area contributed by atoms with Gasteiger partial charge in [-0.3, -0.25) is 9.69 Å². The summed E-state index contributed by atoms with van der Waals surface area (Å²) in [5.74, 6) is -0.788. The summed E-state index contributed by atoms with van der Waals surface area (Å²) in [7, 11) is 0. The van der Waals surface area contributed by atoms with Crippen LogP contribution in [0.1, 0.15) is 57.4 Å². The summed E-state index contributed by atoms with van der Waals surface area (Å²) in [6, 6.07) is 7.77. The number of carboxylic acid groups (broad SMARTS) is 1. The predicted octanol–water partition coefficient (Wildman–Crippen LogP) is 4.31. The number of aliphatic carboxylic acids is 1. The first-order valence-corrected chi connectivity index (χ1v) is 9.49. The standard InChI is InChI=1S/C20H30N2O3/c1-2-3-4-5-6-7-14-21-15-16-22(20(21)25)18-11-8-17(9-12-18)10-13-19(23)24/h8-9,11-12H,2-7,10,13-16H2,1H3,(H,23,24). The summed E-state index contributed by atoms with van der Waals surface area (Å²) in [4.78, 5) is 26.9. The van der Waals surface area contributed by atoms with Crippen LogP contribution in [0.5, 0.6) is 0 Å². The summed E-state index contributed by atoms with van der Waals surface area (Å²) in [5, 5.41) is 8.74. The molecule has 0 saturated carbocycles. The van der Waals surface area contributed by atoms with Crippen molar-refractivity contribution in [1.82, 2.24) is 4.90 Å². The van der Waals surface area contributed by atoms with Crippen molar-refractivity contribution >= 4 is 17.7 Å². The van der Waals surface area contributed by atoms with Gasteiger partial charge in [0.15, 0.2) is 0 Å². The summed E-state index contributed by atoms with van der Waals surface area (Å²) in [6.45, 7) is 4.58. The Hall–Kier alpha value is -2.04. The van der Waals surface area contributed by atoms with Crippen molar-refractivity contribution < 1.29 is 14.7 Å². The minimum absolute atomic E-state index is 0.0897. The number of amides is 2. The molecule has 0 atom stereocenters. The van der Waals surface area contributed by atoms with E-state index in [4.69, 9.17) is 5.11 Å². The smallest absolute Gasteiger partial charge is 0.324 e. The number of carbonyl (C=O) groups is 2. The second-order valence-electron chi connectivity index (χ2n) is 6.75. The predicted molar refractivity (Wildman–Crippen MR) is 100 cm³/mol. The van der Waals surface area contributed by atoms with E-state index in [1.165, 1.54) is 32.1 Å². The lowest BCUT2D eigenvalue weighted by atomic mass is 10.1. The molecule has 138 valence electrons. The molecule has 5 heteroatoms. The average Bonchev–Trinajstić information content (AvgIpc) is 2.97. The Morgan fingerprint density at radius 2 is 1.72 bits per heavy atom. The van der Waals surface area contributed by atoms with Crippen LogP contribution in [0.3, 0.4) is 0 Å². The number of rotatable bonds is 11. The van der Waals surface area contributed by atoms with Crippen molar-refractivity contribution in [2.75, 3.05) is 24.5 Å². The van der Waals surface area contributed by atoms with E-state index >= 15 is 0 Å². The van der Waals surface area contributed by atoms with Crippen molar-refractivity contribution in [2.24, 2.45) is 0 Å². The fourth-order valence-electron chi connectivity index (χ4n) is 3.21. The molecule has 1 fully saturated rings. The minimum Gasteiger partial charge on any atom is -0.481 e. The Morgan fingerprint density at radius 1 is 1.04 bits per heavy atom. The third kappa shape index (κ3) is 6.07. The molecule has 1 saturated heterocycles. The SMILES string of the molecule is CCCCCCCCN1CCN(c2ccc(CCC(=O)O)cc2)C1=O. The van der Waals surface area contributed by atoms with E-state index in [2.05, 4.69) is 6.92 Å². The fraction of sp³-hybridized carbons (Fsp3) is 0.600. The van der Waals surface area contributed by atoms with Crippen LogP contribution in [0, 0.1) is 0 Å². The van der Waals surface area contributed by atoms with E-state index in [0.717, 1.165) is 37.3 Å². The van der Waals surface area contributed by atoms with Crippen molar-refractivity contribution in [2.45, 2.75) is 58.3 Å². The molecule has 1 aromatic rings. The quantitative estimate of drug-likeness (QED) is 0.608. The van der Waals surface area contributed by atoms with Gasteiger partial charge in [0.25, 0.3) is 0 Å². The number of hydrogen-bond donors (Lipinski definition) is 1. The fourth-order valence-corrected chi connectivity index (χ4v) is 3.21. The molecule has 25 heavy (non-hydrogen) atoms. The van der Waals surface area contributed by atoms with Crippen LogP contribution in [0.25, 0.3) is 0 Å². The molecular formula is C20H30N2O3. The molecule has 2 amide bonds. The number of nitrogens with zero attached hydrogens (tertiary/aromatic N) is 2. The molecule has 0 aromatic heterocycles. The minimum atomic E-state index is -0.788. The van der Waals surface area contributed by atoms with Gasteiger partial charge in [-0.2, -0.15) is 0 Å². The Bertz CT molecular complexity index is 557. The largest absolute Gasteiger partial charge is 0.481 e. The number of carboxylic acids is 1. The normalized spacial score (nSPS) is 14.4. The highest BCUT2D eigenvalue weighted by Crippen LogP contribution is 2.22. The van der Waals surface area contributed by atoms with Crippen molar-refractivity contribution in [1.29, 1.82) is 0 Å². The molecule has 0 bridgehead atoms. The Morgan fingerprint density at radius 3 is 2.40 bits per heavy atom. The van der Waals surface area contributed by atoms with Crippen LogP contribution < -0.4 is 4.90 Å². The Balaban J connectivity index is 1.77. The second kappa shape index (κ2) is 10.1. The number of aryl methyl sites for hydroxylation is 1. The summed E-state index contributed by atoms with van der Waals surface area (Å²) in [6.07, 6.45) is 8.05. The molecule has 1 heterocycles. The maximum absolute atomic E-state index is 12.5. The molecule has 1 aromatic carbocycles. The number of unbranched alkanes of at least 4 members (excludes halogenated alkanes) is 5. The third-order valence-corrected chi connectivity index (χ3v) is 4.75. The molecule has 1 N–H and O–H groups in total. The zero-order valence-electron chi connectivity index (χ0n) is 15.2. The van der Waals surface area contributed by atoms with Gasteiger partial charge in [0, 0.05) is 31.7 Å². The lowest BCUT2D eigenvalue weighted by Crippen LogP contribution is -2.32. The van der Waals surface area contributed by atoms with Gasteiger partial charge < -0.3 is 10.0 Å². The first-order valence-electron chi connectivity index (χ1n) is 9.49. The Labute approximate surface area is 150 Å². The van der Waals surface area contributed by atoms with Gasteiger partial charge in [0.05, 0.1) is 0 Å². The summed E-state index contributed by atoms with van der Waals surface area (Å²) >= 11 is 0. The lowest BCUT2D eigenvalue weighted by molar-refractivity contribution is -0.136. The molecular weight excluding hydrogens is 316 g/mol. The van der Waals surface area contributed by atoms with E-state index in [0.29, 0.717) is 6.42 Å². The van der Waals surface area contributed by atoms with E-state index in [1.807, 2.05) is 34.1 Å². The van der Waals surface area contributed by atoms with Crippen LogP contribution in [0.4, 0.5) is 10.5 Å². The average molecular weight is 346 g/mol. The number of anilines is 1. The molecule has 1 aliphatic heterocycles. The van der Waals surface area contributed by atoms with Gasteiger partial charge in [0.1, 0.15) is 0 Å². The van der Waals surface area contributed by atoms with Gasteiger partial charge in [0.2, 0.25) is 0 Å². The van der Waals surface area contributed by atoms with Gasteiger partial charge in [-0.15, -0.1) is 0 Å². The molecule has 0 spiro atoms. The van der Waals surface area contributed by atoms with Gasteiger partial charge >= 0.3 is 12.0 Å². The molecule has 1 aliphatic rings. The van der Waals surface area contributed by atoms with E-state index in [9.17, 15) is 9.59 Å². The molecule has 0 radical (unpaired) electrons. The van der Waals surface area contributed by atoms with Gasteiger partial charge in [-0.1, -0.05) is 51.2 Å².